The molecule has 0 bridgehead atoms. The van der Waals surface area contributed by atoms with Crippen molar-refractivity contribution in [2.45, 2.75) is 73.8 Å². The van der Waals surface area contributed by atoms with Crippen molar-refractivity contribution in [1.29, 1.82) is 0 Å². The summed E-state index contributed by atoms with van der Waals surface area (Å²) in [5, 5.41) is 16.0. The van der Waals surface area contributed by atoms with Crippen LogP contribution < -0.4 is 10.6 Å². The van der Waals surface area contributed by atoms with Gasteiger partial charge in [-0.15, -0.1) is 0 Å². The SMILES string of the molecule is CO[C@H](CF)CN(CCCCc1ccc2c(n1)NCCC2)CC[C@H](NC(=O)C1(c2ccccc2S(C)(=O)=O)CC1)C(=O)O. The van der Waals surface area contributed by atoms with Gasteiger partial charge >= 0.3 is 5.97 Å². The minimum Gasteiger partial charge on any atom is -0.480 e. The normalized spacial score (nSPS) is 17.0. The fourth-order valence-electron chi connectivity index (χ4n) is 5.71. The van der Waals surface area contributed by atoms with Crippen molar-refractivity contribution in [3.05, 3.63) is 53.2 Å². The Bertz CT molecular complexity index is 1380. The quantitative estimate of drug-likeness (QED) is 0.228. The molecule has 0 spiro atoms. The van der Waals surface area contributed by atoms with Gasteiger partial charge in [0, 0.05) is 38.7 Å². The number of carbonyl (C=O) groups is 2. The van der Waals surface area contributed by atoms with Gasteiger partial charge in [-0.25, -0.2) is 22.6 Å². The second kappa shape index (κ2) is 14.6. The van der Waals surface area contributed by atoms with Crippen LogP contribution in [0, 0.1) is 0 Å². The monoisotopic (exact) mass is 618 g/mol. The lowest BCUT2D eigenvalue weighted by atomic mass is 9.94. The van der Waals surface area contributed by atoms with E-state index in [2.05, 4.69) is 22.8 Å². The summed E-state index contributed by atoms with van der Waals surface area (Å²) in [6, 6.07) is 9.39. The van der Waals surface area contributed by atoms with Crippen molar-refractivity contribution >= 4 is 27.5 Å². The van der Waals surface area contributed by atoms with Crippen molar-refractivity contribution in [3.8, 4) is 0 Å². The number of halogens is 1. The number of carboxylic acid groups (broad SMARTS) is 1. The van der Waals surface area contributed by atoms with Crippen LogP contribution in [-0.4, -0.2) is 93.6 Å². The number of methoxy groups -OCH3 is 1. The molecule has 236 valence electrons. The summed E-state index contributed by atoms with van der Waals surface area (Å²) in [4.78, 5) is 32.4. The van der Waals surface area contributed by atoms with Crippen molar-refractivity contribution in [2.24, 2.45) is 0 Å². The van der Waals surface area contributed by atoms with E-state index in [0.717, 1.165) is 56.4 Å². The highest BCUT2D eigenvalue weighted by Gasteiger charge is 2.53. The molecule has 0 saturated heterocycles. The highest BCUT2D eigenvalue weighted by molar-refractivity contribution is 7.90. The zero-order valence-corrected chi connectivity index (χ0v) is 25.8. The number of hydrogen-bond acceptors (Lipinski definition) is 8. The molecule has 0 radical (unpaired) electrons. The first-order valence-electron chi connectivity index (χ1n) is 14.9. The number of aromatic nitrogens is 1. The Morgan fingerprint density at radius 1 is 1.19 bits per heavy atom. The van der Waals surface area contributed by atoms with Crippen molar-refractivity contribution in [3.63, 3.8) is 0 Å². The maximum absolute atomic E-state index is 13.5. The fraction of sp³-hybridized carbons (Fsp3) is 0.581. The predicted molar refractivity (Wildman–Crippen MR) is 162 cm³/mol. The van der Waals surface area contributed by atoms with E-state index >= 15 is 0 Å². The van der Waals surface area contributed by atoms with Crippen molar-refractivity contribution < 1.29 is 32.2 Å². The number of amides is 1. The smallest absolute Gasteiger partial charge is 0.326 e. The van der Waals surface area contributed by atoms with Crippen LogP contribution in [-0.2, 0) is 42.4 Å². The molecule has 12 heteroatoms. The van der Waals surface area contributed by atoms with Crippen LogP contribution in [0.25, 0.3) is 0 Å². The van der Waals surface area contributed by atoms with Crippen LogP contribution in [0.3, 0.4) is 0 Å². The number of ether oxygens (including phenoxy) is 1. The number of aliphatic carboxylic acids is 1. The maximum atomic E-state index is 13.5. The van der Waals surface area contributed by atoms with Gasteiger partial charge in [0.25, 0.3) is 0 Å². The van der Waals surface area contributed by atoms with E-state index in [0.29, 0.717) is 38.0 Å². The summed E-state index contributed by atoms with van der Waals surface area (Å²) in [6.45, 7) is 1.47. The number of nitrogens with zero attached hydrogens (tertiary/aromatic N) is 2. The average molecular weight is 619 g/mol. The number of nitrogens with one attached hydrogen (secondary N) is 2. The number of fused-ring (bicyclic) bond motifs is 1. The van der Waals surface area contributed by atoms with Gasteiger partial charge in [-0.2, -0.15) is 0 Å². The molecule has 1 aliphatic heterocycles. The van der Waals surface area contributed by atoms with Crippen LogP contribution >= 0.6 is 0 Å². The van der Waals surface area contributed by atoms with Crippen molar-refractivity contribution in [2.75, 3.05) is 51.5 Å². The topological polar surface area (TPSA) is 138 Å². The van der Waals surface area contributed by atoms with E-state index in [1.165, 1.54) is 18.7 Å². The Hall–Kier alpha value is -3.09. The van der Waals surface area contributed by atoms with E-state index in [1.54, 1.807) is 18.2 Å². The largest absolute Gasteiger partial charge is 0.480 e. The number of sulfone groups is 1. The zero-order valence-electron chi connectivity index (χ0n) is 25.0. The molecule has 1 fully saturated rings. The predicted octanol–water partition coefficient (Wildman–Crippen LogP) is 3.14. The molecule has 10 nitrogen and oxygen atoms in total. The summed E-state index contributed by atoms with van der Waals surface area (Å²) in [5.41, 5.74) is 1.59. The van der Waals surface area contributed by atoms with Crippen LogP contribution in [0.2, 0.25) is 0 Å². The number of benzene rings is 1. The highest BCUT2D eigenvalue weighted by atomic mass is 32.2. The molecule has 4 rings (SSSR count). The summed E-state index contributed by atoms with van der Waals surface area (Å²) < 4.78 is 43.5. The lowest BCUT2D eigenvalue weighted by molar-refractivity contribution is -0.142. The van der Waals surface area contributed by atoms with Gasteiger partial charge in [0.05, 0.1) is 16.4 Å². The number of carboxylic acids is 1. The number of alkyl halides is 1. The molecule has 2 aromatic rings. The molecule has 3 N–H and O–H groups in total. The van der Waals surface area contributed by atoms with E-state index in [-0.39, 0.29) is 11.3 Å². The van der Waals surface area contributed by atoms with Gasteiger partial charge < -0.3 is 25.4 Å². The minimum atomic E-state index is -3.58. The Morgan fingerprint density at radius 3 is 2.63 bits per heavy atom. The summed E-state index contributed by atoms with van der Waals surface area (Å²) in [5.74, 6) is -0.708. The summed E-state index contributed by atoms with van der Waals surface area (Å²) in [6.07, 6.45) is 6.02. The first-order chi connectivity index (χ1) is 20.6. The molecule has 2 heterocycles. The van der Waals surface area contributed by atoms with E-state index in [4.69, 9.17) is 9.72 Å². The highest BCUT2D eigenvalue weighted by Crippen LogP contribution is 2.50. The van der Waals surface area contributed by atoms with Gasteiger partial charge in [-0.3, -0.25) is 4.79 Å². The third-order valence-corrected chi connectivity index (χ3v) is 9.56. The van der Waals surface area contributed by atoms with E-state index in [9.17, 15) is 27.5 Å². The lowest BCUT2D eigenvalue weighted by Crippen LogP contribution is -2.48. The van der Waals surface area contributed by atoms with Gasteiger partial charge in [-0.05, 0) is 81.2 Å². The standard InChI is InChI=1S/C31H43FN4O6S/c1-42-24(20-32)21-36(18-6-5-9-23-13-12-22-8-7-17-33-28(22)34-23)19-14-26(29(37)38)35-30(39)31(15-16-31)25-10-3-4-11-27(25)43(2,40)41/h3-4,10-13,24,26H,5-9,14-21H2,1-2H3,(H,33,34)(H,35,39)(H,37,38)/t24-,26+/m1/s1. The molecule has 1 saturated carbocycles. The van der Waals surface area contributed by atoms with Crippen LogP contribution in [0.1, 0.15) is 55.3 Å². The van der Waals surface area contributed by atoms with Gasteiger partial charge in [-0.1, -0.05) is 24.3 Å². The second-order valence-electron chi connectivity index (χ2n) is 11.6. The Labute approximate surface area is 253 Å². The molecular weight excluding hydrogens is 575 g/mol. The van der Waals surface area contributed by atoms with Gasteiger partial charge in [0.2, 0.25) is 5.91 Å². The molecule has 2 aliphatic rings. The number of aryl methyl sites for hydroxylation is 2. The van der Waals surface area contributed by atoms with Gasteiger partial charge in [0.1, 0.15) is 18.5 Å². The molecule has 1 amide bonds. The number of pyridine rings is 1. The van der Waals surface area contributed by atoms with Gasteiger partial charge in [0.15, 0.2) is 9.84 Å². The third kappa shape index (κ3) is 8.51. The molecular formula is C31H43FN4O6S. The first kappa shape index (κ1) is 32.8. The minimum absolute atomic E-state index is 0.0828. The third-order valence-electron chi connectivity index (χ3n) is 8.40. The number of anilines is 1. The lowest BCUT2D eigenvalue weighted by Gasteiger charge is -2.28. The van der Waals surface area contributed by atoms with Crippen LogP contribution in [0.15, 0.2) is 41.3 Å². The van der Waals surface area contributed by atoms with Crippen LogP contribution in [0.5, 0.6) is 0 Å². The molecule has 1 aromatic carbocycles. The number of carbonyl (C=O) groups excluding carboxylic acids is 1. The zero-order chi connectivity index (χ0) is 31.0. The average Bonchev–Trinajstić information content (AvgIpc) is 3.81. The second-order valence-corrected chi connectivity index (χ2v) is 13.6. The molecule has 2 atom stereocenters. The molecule has 1 aliphatic carbocycles. The molecule has 0 unspecified atom stereocenters. The van der Waals surface area contributed by atoms with E-state index in [1.807, 2.05) is 4.90 Å². The number of hydrogen-bond donors (Lipinski definition) is 3. The Balaban J connectivity index is 1.36. The molecule has 43 heavy (non-hydrogen) atoms. The number of rotatable bonds is 17. The number of unbranched alkanes of at least 4 members (excludes halogenated alkanes) is 1. The first-order valence-corrected chi connectivity index (χ1v) is 16.8. The fourth-order valence-corrected chi connectivity index (χ4v) is 6.70. The Morgan fingerprint density at radius 2 is 1.95 bits per heavy atom. The summed E-state index contributed by atoms with van der Waals surface area (Å²) >= 11 is 0. The summed E-state index contributed by atoms with van der Waals surface area (Å²) in [7, 11) is -2.13. The molecule has 1 aromatic heterocycles. The Kier molecular flexibility index (Phi) is 11.1. The maximum Gasteiger partial charge on any atom is 0.326 e. The van der Waals surface area contributed by atoms with Crippen molar-refractivity contribution in [1.82, 2.24) is 15.2 Å². The van der Waals surface area contributed by atoms with Crippen LogP contribution in [0.4, 0.5) is 10.2 Å². The van der Waals surface area contributed by atoms with E-state index < -0.39 is 45.9 Å².